The normalized spacial score (nSPS) is 53.4. The third kappa shape index (κ3) is 0.800. The molecule has 2 rings (SSSR count). The molecule has 0 aromatic rings. The molecule has 1 heteroatoms. The van der Waals surface area contributed by atoms with Gasteiger partial charge in [0.1, 0.15) is 0 Å². The van der Waals surface area contributed by atoms with E-state index in [1.54, 1.807) is 0 Å². The molecular formula is C9H17N. The fourth-order valence-electron chi connectivity index (χ4n) is 2.90. The predicted molar refractivity (Wildman–Crippen MR) is 42.8 cm³/mol. The molecule has 0 bridgehead atoms. The van der Waals surface area contributed by atoms with Crippen LogP contribution in [0.25, 0.3) is 0 Å². The van der Waals surface area contributed by atoms with Crippen LogP contribution in [0.1, 0.15) is 20.3 Å². The third-order valence-electron chi connectivity index (χ3n) is 3.52. The first kappa shape index (κ1) is 6.66. The molecule has 2 fully saturated rings. The highest BCUT2D eigenvalue weighted by atomic mass is 14.9. The van der Waals surface area contributed by atoms with Crippen molar-refractivity contribution in [3.63, 3.8) is 0 Å². The molecule has 0 spiro atoms. The van der Waals surface area contributed by atoms with Crippen molar-refractivity contribution >= 4 is 0 Å². The Labute approximate surface area is 63.2 Å². The van der Waals surface area contributed by atoms with Crippen molar-refractivity contribution < 1.29 is 0 Å². The van der Waals surface area contributed by atoms with E-state index in [4.69, 9.17) is 0 Å². The first-order valence-corrected chi connectivity index (χ1v) is 4.49. The van der Waals surface area contributed by atoms with Crippen molar-refractivity contribution in [2.45, 2.75) is 20.3 Å². The van der Waals surface area contributed by atoms with Gasteiger partial charge in [-0.1, -0.05) is 13.8 Å². The predicted octanol–water partition coefficient (Wildman–Crippen LogP) is 1.50. The van der Waals surface area contributed by atoms with Crippen LogP contribution in [-0.4, -0.2) is 13.1 Å². The second-order valence-corrected chi connectivity index (χ2v) is 4.18. The molecular weight excluding hydrogens is 122 g/mol. The zero-order valence-corrected chi connectivity index (χ0v) is 6.93. The molecule has 1 nitrogen and oxygen atoms in total. The summed E-state index contributed by atoms with van der Waals surface area (Å²) in [6.07, 6.45) is 1.47. The number of hydrogen-bond donors (Lipinski definition) is 1. The first-order valence-electron chi connectivity index (χ1n) is 4.49. The fraction of sp³-hybridized carbons (Fsp3) is 1.00. The monoisotopic (exact) mass is 139 g/mol. The van der Waals surface area contributed by atoms with Gasteiger partial charge in [-0.25, -0.2) is 0 Å². The molecule has 1 saturated carbocycles. The molecule has 1 heterocycles. The summed E-state index contributed by atoms with van der Waals surface area (Å²) in [6, 6.07) is 0. The Morgan fingerprint density at radius 1 is 1.00 bits per heavy atom. The van der Waals surface area contributed by atoms with Crippen LogP contribution in [0.5, 0.6) is 0 Å². The number of fused-ring (bicyclic) bond motifs is 1. The Hall–Kier alpha value is -0.0400. The molecule has 0 aromatic carbocycles. The van der Waals surface area contributed by atoms with Crippen molar-refractivity contribution in [3.05, 3.63) is 0 Å². The maximum absolute atomic E-state index is 3.49. The number of hydrogen-bond acceptors (Lipinski definition) is 1. The molecule has 0 aromatic heterocycles. The van der Waals surface area contributed by atoms with Crippen molar-refractivity contribution in [1.29, 1.82) is 0 Å². The third-order valence-corrected chi connectivity index (χ3v) is 3.52. The summed E-state index contributed by atoms with van der Waals surface area (Å²) in [4.78, 5) is 0. The SMILES string of the molecule is CC1CC(C)C2CNCC12. The zero-order chi connectivity index (χ0) is 7.14. The van der Waals surface area contributed by atoms with Gasteiger partial charge < -0.3 is 5.32 Å². The van der Waals surface area contributed by atoms with Crippen LogP contribution >= 0.6 is 0 Å². The van der Waals surface area contributed by atoms with Crippen molar-refractivity contribution in [3.8, 4) is 0 Å². The van der Waals surface area contributed by atoms with E-state index in [9.17, 15) is 0 Å². The van der Waals surface area contributed by atoms with E-state index in [-0.39, 0.29) is 0 Å². The minimum absolute atomic E-state index is 0.981. The summed E-state index contributed by atoms with van der Waals surface area (Å²) in [6.45, 7) is 7.40. The van der Waals surface area contributed by atoms with Crippen LogP contribution in [0.2, 0.25) is 0 Å². The molecule has 4 atom stereocenters. The van der Waals surface area contributed by atoms with Gasteiger partial charge in [-0.2, -0.15) is 0 Å². The van der Waals surface area contributed by atoms with Gasteiger partial charge in [0, 0.05) is 0 Å². The smallest absolute Gasteiger partial charge is 0.00146 e. The van der Waals surface area contributed by atoms with E-state index in [1.807, 2.05) is 0 Å². The highest BCUT2D eigenvalue weighted by Crippen LogP contribution is 2.42. The van der Waals surface area contributed by atoms with Crippen LogP contribution in [0.15, 0.2) is 0 Å². The van der Waals surface area contributed by atoms with Crippen LogP contribution in [-0.2, 0) is 0 Å². The lowest BCUT2D eigenvalue weighted by Crippen LogP contribution is -2.13. The van der Waals surface area contributed by atoms with Gasteiger partial charge >= 0.3 is 0 Å². The summed E-state index contributed by atoms with van der Waals surface area (Å²) in [5.41, 5.74) is 0. The molecule has 0 radical (unpaired) electrons. The van der Waals surface area contributed by atoms with Crippen LogP contribution < -0.4 is 5.32 Å². The van der Waals surface area contributed by atoms with Crippen molar-refractivity contribution in [1.82, 2.24) is 5.32 Å². The Bertz CT molecular complexity index is 119. The van der Waals surface area contributed by atoms with Crippen molar-refractivity contribution in [2.75, 3.05) is 13.1 Å². The van der Waals surface area contributed by atoms with E-state index in [0.717, 1.165) is 23.7 Å². The summed E-state index contributed by atoms with van der Waals surface area (Å²) in [5, 5.41) is 3.49. The molecule has 0 amide bonds. The fourth-order valence-corrected chi connectivity index (χ4v) is 2.90. The molecule has 4 unspecified atom stereocenters. The summed E-state index contributed by atoms with van der Waals surface area (Å²) >= 11 is 0. The van der Waals surface area contributed by atoms with E-state index in [0.29, 0.717) is 0 Å². The van der Waals surface area contributed by atoms with Crippen molar-refractivity contribution in [2.24, 2.45) is 23.7 Å². The lowest BCUT2D eigenvalue weighted by Gasteiger charge is -2.12. The lowest BCUT2D eigenvalue weighted by molar-refractivity contribution is 0.381. The molecule has 1 saturated heterocycles. The average molecular weight is 139 g/mol. The Morgan fingerprint density at radius 2 is 1.50 bits per heavy atom. The minimum atomic E-state index is 0.981. The second kappa shape index (κ2) is 2.23. The van der Waals surface area contributed by atoms with Crippen LogP contribution in [0.3, 0.4) is 0 Å². The Balaban J connectivity index is 2.11. The van der Waals surface area contributed by atoms with Crippen LogP contribution in [0.4, 0.5) is 0 Å². The second-order valence-electron chi connectivity index (χ2n) is 4.18. The topological polar surface area (TPSA) is 12.0 Å². The van der Waals surface area contributed by atoms with Gasteiger partial charge in [0.15, 0.2) is 0 Å². The largest absolute Gasteiger partial charge is 0.316 e. The van der Waals surface area contributed by atoms with Gasteiger partial charge in [0.25, 0.3) is 0 Å². The van der Waals surface area contributed by atoms with E-state index < -0.39 is 0 Å². The maximum Gasteiger partial charge on any atom is -0.00146 e. The van der Waals surface area contributed by atoms with Gasteiger partial charge in [-0.15, -0.1) is 0 Å². The summed E-state index contributed by atoms with van der Waals surface area (Å²) < 4.78 is 0. The van der Waals surface area contributed by atoms with E-state index >= 15 is 0 Å². The standard InChI is InChI=1S/C9H17N/c1-6-3-7(2)9-5-10-4-8(6)9/h6-10H,3-5H2,1-2H3. The highest BCUT2D eigenvalue weighted by molar-refractivity contribution is 4.93. The number of nitrogens with one attached hydrogen (secondary N) is 1. The molecule has 58 valence electrons. The summed E-state index contributed by atoms with van der Waals surface area (Å²) in [7, 11) is 0. The zero-order valence-electron chi connectivity index (χ0n) is 6.93. The molecule has 2 aliphatic rings. The minimum Gasteiger partial charge on any atom is -0.316 e. The van der Waals surface area contributed by atoms with E-state index in [2.05, 4.69) is 19.2 Å². The Morgan fingerprint density at radius 3 is 2.00 bits per heavy atom. The molecule has 1 aliphatic carbocycles. The lowest BCUT2D eigenvalue weighted by atomic mass is 9.92. The molecule has 10 heavy (non-hydrogen) atoms. The highest BCUT2D eigenvalue weighted by Gasteiger charge is 2.41. The molecule has 1 N–H and O–H groups in total. The van der Waals surface area contributed by atoms with E-state index in [1.165, 1.54) is 19.5 Å². The molecule has 1 aliphatic heterocycles. The average Bonchev–Trinajstić information content (AvgIpc) is 2.39. The maximum atomic E-state index is 3.49. The summed E-state index contributed by atoms with van der Waals surface area (Å²) in [5.74, 6) is 3.98. The van der Waals surface area contributed by atoms with Gasteiger partial charge in [0.2, 0.25) is 0 Å². The quantitative estimate of drug-likeness (QED) is 0.536. The van der Waals surface area contributed by atoms with Crippen LogP contribution in [0, 0.1) is 23.7 Å². The first-order chi connectivity index (χ1) is 4.79. The van der Waals surface area contributed by atoms with Gasteiger partial charge in [0.05, 0.1) is 0 Å². The van der Waals surface area contributed by atoms with Gasteiger partial charge in [-0.05, 0) is 43.2 Å². The Kier molecular flexibility index (Phi) is 1.48. The number of rotatable bonds is 0. The van der Waals surface area contributed by atoms with Gasteiger partial charge in [-0.3, -0.25) is 0 Å².